The molecule has 0 spiro atoms. The Morgan fingerprint density at radius 3 is 2.80 bits per heavy atom. The van der Waals surface area contributed by atoms with Crippen LogP contribution in [0.25, 0.3) is 0 Å². The Labute approximate surface area is 109 Å². The van der Waals surface area contributed by atoms with Gasteiger partial charge in [0.2, 0.25) is 0 Å². The molecule has 5 heteroatoms. The average molecular weight is 322 g/mol. The first-order valence-electron chi connectivity index (χ1n) is 4.16. The lowest BCUT2D eigenvalue weighted by molar-refractivity contribution is 0.0997. The van der Waals surface area contributed by atoms with Crippen LogP contribution >= 0.6 is 50.2 Å². The van der Waals surface area contributed by atoms with Crippen LogP contribution in [0.1, 0.15) is 14.5 Å². The van der Waals surface area contributed by atoms with Gasteiger partial charge in [-0.15, -0.1) is 22.7 Å². The molecule has 1 nitrogen and oxygen atoms in total. The molecule has 0 aliphatic rings. The zero-order chi connectivity index (χ0) is 10.8. The fourth-order valence-corrected chi connectivity index (χ4v) is 3.60. The van der Waals surface area contributed by atoms with Gasteiger partial charge in [0.15, 0.2) is 5.78 Å². The molecule has 2 heterocycles. The number of halogens is 2. The van der Waals surface area contributed by atoms with Crippen molar-refractivity contribution >= 4 is 56.0 Å². The standard InChI is InChI=1S/C10H6BrClOS2/c11-6-3-9(14-5-6)8(13)4-7-1-2-10(12)15-7/h1-3,5H,4H2. The van der Waals surface area contributed by atoms with E-state index in [4.69, 9.17) is 11.6 Å². The number of Topliss-reactive ketones (excluding diaryl/α,β-unsaturated/α-hetero) is 1. The van der Waals surface area contributed by atoms with Crippen molar-refractivity contribution in [1.82, 2.24) is 0 Å². The van der Waals surface area contributed by atoms with Gasteiger partial charge < -0.3 is 0 Å². The highest BCUT2D eigenvalue weighted by atomic mass is 79.9. The molecule has 2 aromatic heterocycles. The largest absolute Gasteiger partial charge is 0.293 e. The fourth-order valence-electron chi connectivity index (χ4n) is 1.15. The molecule has 0 bridgehead atoms. The minimum atomic E-state index is 0.143. The molecule has 0 saturated carbocycles. The number of hydrogen-bond donors (Lipinski definition) is 0. The molecular weight excluding hydrogens is 316 g/mol. The van der Waals surface area contributed by atoms with E-state index in [1.54, 1.807) is 0 Å². The van der Waals surface area contributed by atoms with Crippen LogP contribution in [0.5, 0.6) is 0 Å². The monoisotopic (exact) mass is 320 g/mol. The summed E-state index contributed by atoms with van der Waals surface area (Å²) in [5.74, 6) is 0.143. The lowest BCUT2D eigenvalue weighted by atomic mass is 10.2. The van der Waals surface area contributed by atoms with Crippen LogP contribution in [0.4, 0.5) is 0 Å². The van der Waals surface area contributed by atoms with E-state index in [1.807, 2.05) is 23.6 Å². The lowest BCUT2D eigenvalue weighted by Crippen LogP contribution is -1.98. The summed E-state index contributed by atoms with van der Waals surface area (Å²) < 4.78 is 1.69. The molecule has 15 heavy (non-hydrogen) atoms. The summed E-state index contributed by atoms with van der Waals surface area (Å²) in [7, 11) is 0. The molecule has 0 saturated heterocycles. The van der Waals surface area contributed by atoms with Crippen molar-refractivity contribution in [3.8, 4) is 0 Å². The van der Waals surface area contributed by atoms with Crippen LogP contribution in [-0.2, 0) is 6.42 Å². The second kappa shape index (κ2) is 4.78. The quantitative estimate of drug-likeness (QED) is 0.752. The van der Waals surface area contributed by atoms with Gasteiger partial charge in [0, 0.05) is 21.2 Å². The van der Waals surface area contributed by atoms with Gasteiger partial charge in [-0.05, 0) is 34.1 Å². The summed E-state index contributed by atoms with van der Waals surface area (Å²) in [6, 6.07) is 5.56. The van der Waals surface area contributed by atoms with Gasteiger partial charge in [0.25, 0.3) is 0 Å². The highest BCUT2D eigenvalue weighted by Gasteiger charge is 2.10. The summed E-state index contributed by atoms with van der Waals surface area (Å²) in [5.41, 5.74) is 0. The molecule has 0 radical (unpaired) electrons. The second-order valence-electron chi connectivity index (χ2n) is 2.93. The molecule has 0 aliphatic heterocycles. The number of carbonyl (C=O) groups is 1. The van der Waals surface area contributed by atoms with E-state index >= 15 is 0 Å². The van der Waals surface area contributed by atoms with Crippen LogP contribution < -0.4 is 0 Å². The Balaban J connectivity index is 2.10. The van der Waals surface area contributed by atoms with Crippen molar-refractivity contribution in [3.05, 3.63) is 42.1 Å². The topological polar surface area (TPSA) is 17.1 Å². The molecule has 78 valence electrons. The molecule has 0 fully saturated rings. The Hall–Kier alpha value is -0.160. The van der Waals surface area contributed by atoms with E-state index in [9.17, 15) is 4.79 Å². The average Bonchev–Trinajstić information content (AvgIpc) is 2.75. The highest BCUT2D eigenvalue weighted by Crippen LogP contribution is 2.25. The predicted molar refractivity (Wildman–Crippen MR) is 69.4 cm³/mol. The minimum absolute atomic E-state index is 0.143. The third kappa shape index (κ3) is 2.91. The van der Waals surface area contributed by atoms with Gasteiger partial charge in [-0.25, -0.2) is 0 Å². The first-order valence-corrected chi connectivity index (χ1v) is 7.03. The first-order chi connectivity index (χ1) is 7.15. The number of ketones is 1. The summed E-state index contributed by atoms with van der Waals surface area (Å²) in [4.78, 5) is 13.6. The van der Waals surface area contributed by atoms with Gasteiger partial charge in [-0.1, -0.05) is 11.6 Å². The molecule has 2 rings (SSSR count). The van der Waals surface area contributed by atoms with Gasteiger partial charge in [0.05, 0.1) is 9.21 Å². The molecular formula is C10H6BrClOS2. The fraction of sp³-hybridized carbons (Fsp3) is 0.100. The maximum absolute atomic E-state index is 11.8. The van der Waals surface area contributed by atoms with E-state index in [0.717, 1.165) is 18.6 Å². The predicted octanol–water partition coefficient (Wildman–Crippen LogP) is 4.65. The SMILES string of the molecule is O=C(Cc1ccc(Cl)s1)c1cc(Br)cs1. The van der Waals surface area contributed by atoms with Crippen LogP contribution in [0.3, 0.4) is 0 Å². The summed E-state index contributed by atoms with van der Waals surface area (Å²) >= 11 is 12.0. The van der Waals surface area contributed by atoms with E-state index in [0.29, 0.717) is 6.42 Å². The second-order valence-corrected chi connectivity index (χ2v) is 6.56. The van der Waals surface area contributed by atoms with Crippen molar-refractivity contribution in [2.24, 2.45) is 0 Å². The van der Waals surface area contributed by atoms with Crippen molar-refractivity contribution in [2.75, 3.05) is 0 Å². The summed E-state index contributed by atoms with van der Waals surface area (Å²) in [6.07, 6.45) is 0.435. The summed E-state index contributed by atoms with van der Waals surface area (Å²) in [6.45, 7) is 0. The van der Waals surface area contributed by atoms with E-state index in [1.165, 1.54) is 22.7 Å². The normalized spacial score (nSPS) is 10.5. The van der Waals surface area contributed by atoms with Gasteiger partial charge in [-0.3, -0.25) is 4.79 Å². The zero-order valence-corrected chi connectivity index (χ0v) is 11.5. The Morgan fingerprint density at radius 2 is 2.27 bits per heavy atom. The van der Waals surface area contributed by atoms with Crippen LogP contribution in [0.2, 0.25) is 4.34 Å². The van der Waals surface area contributed by atoms with E-state index < -0.39 is 0 Å². The third-order valence-electron chi connectivity index (χ3n) is 1.81. The Morgan fingerprint density at radius 1 is 1.47 bits per heavy atom. The molecule has 0 amide bonds. The van der Waals surface area contributed by atoms with Gasteiger partial charge in [-0.2, -0.15) is 0 Å². The third-order valence-corrected chi connectivity index (χ3v) is 4.77. The number of carbonyl (C=O) groups excluding carboxylic acids is 1. The van der Waals surface area contributed by atoms with Crippen molar-refractivity contribution in [2.45, 2.75) is 6.42 Å². The highest BCUT2D eigenvalue weighted by molar-refractivity contribution is 9.10. The van der Waals surface area contributed by atoms with Crippen molar-refractivity contribution in [1.29, 1.82) is 0 Å². The summed E-state index contributed by atoms with van der Waals surface area (Å²) in [5, 5.41) is 1.91. The van der Waals surface area contributed by atoms with Crippen LogP contribution in [0, 0.1) is 0 Å². The van der Waals surface area contributed by atoms with Gasteiger partial charge in [0.1, 0.15) is 0 Å². The van der Waals surface area contributed by atoms with E-state index in [2.05, 4.69) is 15.9 Å². The minimum Gasteiger partial charge on any atom is -0.293 e. The Bertz CT molecular complexity index is 489. The van der Waals surface area contributed by atoms with E-state index in [-0.39, 0.29) is 5.78 Å². The van der Waals surface area contributed by atoms with Crippen LogP contribution in [-0.4, -0.2) is 5.78 Å². The van der Waals surface area contributed by atoms with Gasteiger partial charge >= 0.3 is 0 Å². The molecule has 2 aromatic rings. The molecule has 0 atom stereocenters. The number of thiophene rings is 2. The number of hydrogen-bond acceptors (Lipinski definition) is 3. The first kappa shape index (κ1) is 11.3. The lowest BCUT2D eigenvalue weighted by Gasteiger charge is -1.93. The van der Waals surface area contributed by atoms with Crippen molar-refractivity contribution in [3.63, 3.8) is 0 Å². The molecule has 0 aromatic carbocycles. The maximum atomic E-state index is 11.8. The molecule has 0 aliphatic carbocycles. The molecule has 0 unspecified atom stereocenters. The smallest absolute Gasteiger partial charge is 0.178 e. The Kier molecular flexibility index (Phi) is 3.61. The molecule has 0 N–H and O–H groups in total. The maximum Gasteiger partial charge on any atom is 0.178 e. The number of rotatable bonds is 3. The van der Waals surface area contributed by atoms with Crippen LogP contribution in [0.15, 0.2) is 28.1 Å². The van der Waals surface area contributed by atoms with Crippen molar-refractivity contribution < 1.29 is 4.79 Å². The zero-order valence-electron chi connectivity index (χ0n) is 7.50.